The molecule has 0 saturated carbocycles. The molecule has 0 aliphatic carbocycles. The normalized spacial score (nSPS) is 16.1. The number of nitrogens with one attached hydrogen (secondary N) is 2. The molecule has 2 heterocycles. The predicted octanol–water partition coefficient (Wildman–Crippen LogP) is 3.17. The number of methoxy groups -OCH3 is 1. The van der Waals surface area contributed by atoms with Crippen LogP contribution in [0.2, 0.25) is 0 Å². The zero-order valence-corrected chi connectivity index (χ0v) is 16.1. The minimum Gasteiger partial charge on any atom is -0.497 e. The van der Waals surface area contributed by atoms with E-state index >= 15 is 0 Å². The van der Waals surface area contributed by atoms with Crippen LogP contribution in [0.3, 0.4) is 0 Å². The number of carbonyl (C=O) groups excluding carboxylic acids is 2. The molecule has 1 aliphatic rings. The zero-order valence-electron chi connectivity index (χ0n) is 16.1. The Kier molecular flexibility index (Phi) is 6.01. The largest absolute Gasteiger partial charge is 0.497 e. The summed E-state index contributed by atoms with van der Waals surface area (Å²) in [6.45, 7) is 5.75. The highest BCUT2D eigenvalue weighted by atomic mass is 16.5. The molecule has 3 rings (SSSR count). The lowest BCUT2D eigenvalue weighted by molar-refractivity contribution is -0.121. The van der Waals surface area contributed by atoms with Crippen molar-refractivity contribution in [2.24, 2.45) is 0 Å². The van der Waals surface area contributed by atoms with Gasteiger partial charge in [0.25, 0.3) is 0 Å². The van der Waals surface area contributed by atoms with E-state index in [0.29, 0.717) is 11.4 Å². The number of hydrogen-bond donors (Lipinski definition) is 2. The maximum atomic E-state index is 12.9. The lowest BCUT2D eigenvalue weighted by Gasteiger charge is -2.31. The summed E-state index contributed by atoms with van der Waals surface area (Å²) in [7, 11) is 1.58. The predicted molar refractivity (Wildman–Crippen MR) is 104 cm³/mol. The van der Waals surface area contributed by atoms with E-state index in [1.807, 2.05) is 13.0 Å². The van der Waals surface area contributed by atoms with Crippen molar-refractivity contribution in [3.8, 4) is 5.75 Å². The number of ether oxygens (including phenoxy) is 2. The van der Waals surface area contributed by atoms with E-state index in [-0.39, 0.29) is 24.2 Å². The van der Waals surface area contributed by atoms with E-state index in [1.165, 1.54) is 6.42 Å². The summed E-state index contributed by atoms with van der Waals surface area (Å²) in [5.41, 5.74) is 1.43. The second kappa shape index (κ2) is 8.43. The zero-order chi connectivity index (χ0) is 19.4. The Morgan fingerprint density at radius 3 is 2.67 bits per heavy atom. The number of esters is 1. The number of anilines is 1. The van der Waals surface area contributed by atoms with Crippen molar-refractivity contribution >= 4 is 28.5 Å². The van der Waals surface area contributed by atoms with Gasteiger partial charge in [0.05, 0.1) is 25.4 Å². The van der Waals surface area contributed by atoms with Gasteiger partial charge in [-0.3, -0.25) is 9.69 Å². The number of rotatable bonds is 6. The summed E-state index contributed by atoms with van der Waals surface area (Å²) in [4.78, 5) is 30.5. The minimum atomic E-state index is -0.492. The van der Waals surface area contributed by atoms with Crippen molar-refractivity contribution in [1.29, 1.82) is 0 Å². The van der Waals surface area contributed by atoms with E-state index in [1.54, 1.807) is 26.2 Å². The molecule has 1 aromatic carbocycles. The molecule has 2 aromatic rings. The second-order valence-electron chi connectivity index (χ2n) is 6.77. The third-order valence-electron chi connectivity index (χ3n) is 5.05. The molecule has 27 heavy (non-hydrogen) atoms. The molecule has 0 bridgehead atoms. The number of hydrogen-bond acceptors (Lipinski definition) is 5. The summed E-state index contributed by atoms with van der Waals surface area (Å²) in [5, 5.41) is 3.67. The Balaban J connectivity index is 1.93. The molecule has 0 unspecified atom stereocenters. The molecule has 1 amide bonds. The molecule has 1 fully saturated rings. The SMILES string of the molecule is CCOC(=O)c1[nH]c2ccc(OC)cc2c1NC(=O)[C@H](C)N1CCCCC1. The number of benzene rings is 1. The Labute approximate surface area is 159 Å². The molecular weight excluding hydrogens is 346 g/mol. The Morgan fingerprint density at radius 2 is 2.00 bits per heavy atom. The number of likely N-dealkylation sites (tertiary alicyclic amines) is 1. The van der Waals surface area contributed by atoms with Crippen molar-refractivity contribution in [3.05, 3.63) is 23.9 Å². The average molecular weight is 373 g/mol. The highest BCUT2D eigenvalue weighted by Gasteiger charge is 2.26. The highest BCUT2D eigenvalue weighted by molar-refractivity contribution is 6.12. The van der Waals surface area contributed by atoms with Crippen LogP contribution in [0.1, 0.15) is 43.6 Å². The third kappa shape index (κ3) is 4.08. The van der Waals surface area contributed by atoms with Crippen LogP contribution in [0.5, 0.6) is 5.75 Å². The van der Waals surface area contributed by atoms with Crippen LogP contribution in [-0.4, -0.2) is 54.6 Å². The van der Waals surface area contributed by atoms with Crippen LogP contribution < -0.4 is 10.1 Å². The summed E-state index contributed by atoms with van der Waals surface area (Å²) < 4.78 is 10.4. The van der Waals surface area contributed by atoms with Crippen LogP contribution in [0.15, 0.2) is 18.2 Å². The van der Waals surface area contributed by atoms with Gasteiger partial charge in [0, 0.05) is 10.9 Å². The lowest BCUT2D eigenvalue weighted by atomic mass is 10.1. The molecular formula is C20H27N3O4. The van der Waals surface area contributed by atoms with E-state index in [2.05, 4.69) is 15.2 Å². The Morgan fingerprint density at radius 1 is 1.26 bits per heavy atom. The molecule has 7 heteroatoms. The number of piperidine rings is 1. The van der Waals surface area contributed by atoms with Crippen molar-refractivity contribution in [2.75, 3.05) is 32.1 Å². The summed E-state index contributed by atoms with van der Waals surface area (Å²) in [6.07, 6.45) is 3.42. The first kappa shape index (κ1) is 19.2. The standard InChI is InChI=1S/C20H27N3O4/c1-4-27-20(25)18-17(15-12-14(26-3)8-9-16(15)21-18)22-19(24)13(2)23-10-6-5-7-11-23/h8-9,12-13,21H,4-7,10-11H2,1-3H3,(H,22,24)/t13-/m0/s1. The van der Waals surface area contributed by atoms with E-state index in [4.69, 9.17) is 9.47 Å². The molecule has 1 aliphatic heterocycles. The first-order chi connectivity index (χ1) is 13.0. The van der Waals surface area contributed by atoms with Crippen molar-refractivity contribution < 1.29 is 19.1 Å². The van der Waals surface area contributed by atoms with Gasteiger partial charge in [-0.15, -0.1) is 0 Å². The number of fused-ring (bicyclic) bond motifs is 1. The summed E-state index contributed by atoms with van der Waals surface area (Å²) >= 11 is 0. The molecule has 7 nitrogen and oxygen atoms in total. The smallest absolute Gasteiger partial charge is 0.356 e. The van der Waals surface area contributed by atoms with Gasteiger partial charge in [0.2, 0.25) is 5.91 Å². The number of nitrogens with zero attached hydrogens (tertiary/aromatic N) is 1. The van der Waals surface area contributed by atoms with Gasteiger partial charge in [-0.1, -0.05) is 6.42 Å². The average Bonchev–Trinajstić information content (AvgIpc) is 3.05. The fraction of sp³-hybridized carbons (Fsp3) is 0.500. The van der Waals surface area contributed by atoms with Crippen LogP contribution in [0.4, 0.5) is 5.69 Å². The molecule has 1 saturated heterocycles. The molecule has 146 valence electrons. The van der Waals surface area contributed by atoms with Gasteiger partial charge >= 0.3 is 5.97 Å². The van der Waals surface area contributed by atoms with Gasteiger partial charge in [-0.05, 0) is 58.0 Å². The van der Waals surface area contributed by atoms with Gasteiger partial charge < -0.3 is 19.8 Å². The molecule has 1 aromatic heterocycles. The van der Waals surface area contributed by atoms with E-state index in [0.717, 1.165) is 36.8 Å². The van der Waals surface area contributed by atoms with Gasteiger partial charge in [-0.2, -0.15) is 0 Å². The Hall–Kier alpha value is -2.54. The molecule has 2 N–H and O–H groups in total. The van der Waals surface area contributed by atoms with Crippen LogP contribution in [-0.2, 0) is 9.53 Å². The fourth-order valence-electron chi connectivity index (χ4n) is 3.48. The van der Waals surface area contributed by atoms with Crippen molar-refractivity contribution in [1.82, 2.24) is 9.88 Å². The lowest BCUT2D eigenvalue weighted by Crippen LogP contribution is -2.44. The molecule has 0 radical (unpaired) electrons. The monoisotopic (exact) mass is 373 g/mol. The van der Waals surface area contributed by atoms with Gasteiger partial charge in [0.15, 0.2) is 0 Å². The number of aromatic nitrogens is 1. The fourth-order valence-corrected chi connectivity index (χ4v) is 3.48. The van der Waals surface area contributed by atoms with Crippen molar-refractivity contribution in [3.63, 3.8) is 0 Å². The second-order valence-corrected chi connectivity index (χ2v) is 6.77. The van der Waals surface area contributed by atoms with Gasteiger partial charge in [-0.25, -0.2) is 4.79 Å². The maximum Gasteiger partial charge on any atom is 0.356 e. The third-order valence-corrected chi connectivity index (χ3v) is 5.05. The maximum absolute atomic E-state index is 12.9. The summed E-state index contributed by atoms with van der Waals surface area (Å²) in [5.74, 6) is 0.0243. The van der Waals surface area contributed by atoms with E-state index in [9.17, 15) is 9.59 Å². The minimum absolute atomic E-state index is 0.133. The topological polar surface area (TPSA) is 83.7 Å². The van der Waals surface area contributed by atoms with Crippen LogP contribution >= 0.6 is 0 Å². The van der Waals surface area contributed by atoms with Crippen molar-refractivity contribution in [2.45, 2.75) is 39.2 Å². The molecule has 1 atom stereocenters. The number of aromatic amines is 1. The number of H-pyrrole nitrogens is 1. The van der Waals surface area contributed by atoms with E-state index < -0.39 is 5.97 Å². The first-order valence-electron chi connectivity index (χ1n) is 9.47. The van der Waals surface area contributed by atoms with Crippen LogP contribution in [0.25, 0.3) is 10.9 Å². The summed E-state index contributed by atoms with van der Waals surface area (Å²) in [6, 6.07) is 5.16. The quantitative estimate of drug-likeness (QED) is 0.760. The highest BCUT2D eigenvalue weighted by Crippen LogP contribution is 2.32. The number of carbonyl (C=O) groups is 2. The van der Waals surface area contributed by atoms with Crippen LogP contribution in [0, 0.1) is 0 Å². The molecule has 0 spiro atoms. The number of amides is 1. The van der Waals surface area contributed by atoms with Gasteiger partial charge in [0.1, 0.15) is 11.4 Å². The first-order valence-corrected chi connectivity index (χ1v) is 9.47. The Bertz CT molecular complexity index is 824.